The van der Waals surface area contributed by atoms with Crippen LogP contribution in [-0.4, -0.2) is 22.8 Å². The van der Waals surface area contributed by atoms with Gasteiger partial charge in [0.2, 0.25) is 5.75 Å². The van der Waals surface area contributed by atoms with Crippen molar-refractivity contribution in [1.29, 1.82) is 0 Å². The molecule has 1 aliphatic heterocycles. The normalized spacial score (nSPS) is 15.0. The number of halogens is 4. The minimum absolute atomic E-state index is 0.121. The van der Waals surface area contributed by atoms with Crippen LogP contribution in [0.15, 0.2) is 60.2 Å². The summed E-state index contributed by atoms with van der Waals surface area (Å²) in [5.41, 5.74) is -0.480. The first-order valence-electron chi connectivity index (χ1n) is 11.1. The molecule has 0 saturated carbocycles. The minimum Gasteiger partial charge on any atom is -0.449 e. The van der Waals surface area contributed by atoms with Gasteiger partial charge in [-0.05, 0) is 66.9 Å². The zero-order valence-electron chi connectivity index (χ0n) is 20.1. The molecule has 0 aromatic heterocycles. The van der Waals surface area contributed by atoms with Gasteiger partial charge in [0.25, 0.3) is 11.8 Å². The Morgan fingerprint density at radius 2 is 1.72 bits per heavy atom. The van der Waals surface area contributed by atoms with E-state index in [9.17, 15) is 37.7 Å². The molecule has 0 aliphatic carbocycles. The Balaban J connectivity index is 1.65. The lowest BCUT2D eigenvalue weighted by atomic mass is 10.0. The summed E-state index contributed by atoms with van der Waals surface area (Å²) in [5.74, 6) is -2.41. The second-order valence-corrected chi connectivity index (χ2v) is 8.81. The minimum atomic E-state index is -4.79. The van der Waals surface area contributed by atoms with Crippen molar-refractivity contribution in [1.82, 2.24) is 5.32 Å². The molecule has 4 amide bonds. The van der Waals surface area contributed by atoms with E-state index in [4.69, 9.17) is 16.3 Å². The average Bonchev–Trinajstić information content (AvgIpc) is 2.85. The zero-order chi connectivity index (χ0) is 28.6. The molecule has 1 aliphatic rings. The van der Waals surface area contributed by atoms with Gasteiger partial charge in [-0.2, -0.15) is 13.2 Å². The van der Waals surface area contributed by atoms with Crippen LogP contribution >= 0.6 is 11.6 Å². The third-order valence-corrected chi connectivity index (χ3v) is 6.18. The zero-order valence-corrected chi connectivity index (χ0v) is 20.9. The van der Waals surface area contributed by atoms with Crippen LogP contribution in [0, 0.1) is 24.0 Å². The summed E-state index contributed by atoms with van der Waals surface area (Å²) in [4.78, 5) is 49.3. The predicted octanol–water partition coefficient (Wildman–Crippen LogP) is 6.34. The first-order chi connectivity index (χ1) is 18.3. The highest BCUT2D eigenvalue weighted by atomic mass is 35.5. The summed E-state index contributed by atoms with van der Waals surface area (Å²) in [6, 6.07) is 9.81. The Morgan fingerprint density at radius 1 is 1.03 bits per heavy atom. The smallest absolute Gasteiger partial charge is 0.416 e. The number of ether oxygens (including phenoxy) is 1. The molecule has 9 nitrogen and oxygen atoms in total. The van der Waals surface area contributed by atoms with Crippen molar-refractivity contribution in [2.45, 2.75) is 20.0 Å². The van der Waals surface area contributed by atoms with Crippen LogP contribution in [0.1, 0.15) is 22.3 Å². The maximum absolute atomic E-state index is 13.2. The summed E-state index contributed by atoms with van der Waals surface area (Å²) in [6.07, 6.45) is -3.60. The van der Waals surface area contributed by atoms with Crippen LogP contribution in [0.4, 0.5) is 29.3 Å². The van der Waals surface area contributed by atoms with Gasteiger partial charge in [-0.1, -0.05) is 29.8 Å². The predicted molar refractivity (Wildman–Crippen MR) is 135 cm³/mol. The van der Waals surface area contributed by atoms with Crippen LogP contribution in [0.5, 0.6) is 11.5 Å². The van der Waals surface area contributed by atoms with Crippen molar-refractivity contribution in [3.63, 3.8) is 0 Å². The Morgan fingerprint density at radius 3 is 2.36 bits per heavy atom. The number of urea groups is 1. The van der Waals surface area contributed by atoms with Gasteiger partial charge in [-0.15, -0.1) is 0 Å². The molecule has 1 saturated heterocycles. The van der Waals surface area contributed by atoms with Crippen molar-refractivity contribution < 1.29 is 37.2 Å². The van der Waals surface area contributed by atoms with Crippen molar-refractivity contribution in [2.75, 3.05) is 4.90 Å². The number of barbiturate groups is 1. The fourth-order valence-corrected chi connectivity index (χ4v) is 3.98. The van der Waals surface area contributed by atoms with E-state index >= 15 is 0 Å². The molecule has 200 valence electrons. The van der Waals surface area contributed by atoms with E-state index in [0.29, 0.717) is 23.4 Å². The summed E-state index contributed by atoms with van der Waals surface area (Å²) in [7, 11) is 0. The SMILES string of the molecule is Cc1cccc(N2C(=O)NC(=O)/C(=C\c3ccc(Oc4ccc(C(F)(F)F)cc4[N+](=O)[O-])c(Cl)c3)C2=O)c1C. The average molecular weight is 560 g/mol. The van der Waals surface area contributed by atoms with Crippen LogP contribution in [0.25, 0.3) is 6.08 Å². The van der Waals surface area contributed by atoms with E-state index in [1.54, 1.807) is 32.0 Å². The lowest BCUT2D eigenvalue weighted by molar-refractivity contribution is -0.385. The number of amides is 4. The number of imide groups is 2. The highest BCUT2D eigenvalue weighted by Crippen LogP contribution is 2.39. The molecule has 0 spiro atoms. The Labute approximate surface area is 223 Å². The highest BCUT2D eigenvalue weighted by Gasteiger charge is 2.38. The third kappa shape index (κ3) is 5.46. The molecule has 1 heterocycles. The van der Waals surface area contributed by atoms with Crippen molar-refractivity contribution >= 4 is 46.9 Å². The van der Waals surface area contributed by atoms with Crippen molar-refractivity contribution in [3.8, 4) is 11.5 Å². The van der Waals surface area contributed by atoms with E-state index in [1.807, 2.05) is 0 Å². The number of carbonyl (C=O) groups is 3. The fourth-order valence-electron chi connectivity index (χ4n) is 3.75. The molecule has 0 atom stereocenters. The van der Waals surface area contributed by atoms with Crippen molar-refractivity contribution in [3.05, 3.63) is 97.6 Å². The first-order valence-corrected chi connectivity index (χ1v) is 11.5. The molecule has 4 rings (SSSR count). The number of nitro benzene ring substituents is 1. The monoisotopic (exact) mass is 559 g/mol. The molecule has 3 aromatic carbocycles. The number of rotatable bonds is 5. The van der Waals surface area contributed by atoms with Gasteiger partial charge in [-0.3, -0.25) is 25.0 Å². The van der Waals surface area contributed by atoms with E-state index in [1.165, 1.54) is 24.3 Å². The Kier molecular flexibility index (Phi) is 7.16. The largest absolute Gasteiger partial charge is 0.449 e. The molecule has 1 N–H and O–H groups in total. The number of hydrogen-bond acceptors (Lipinski definition) is 6. The number of benzene rings is 3. The summed E-state index contributed by atoms with van der Waals surface area (Å²) < 4.78 is 44.3. The molecular formula is C26H17ClF3N3O6. The molecule has 0 unspecified atom stereocenters. The van der Waals surface area contributed by atoms with Crippen molar-refractivity contribution in [2.24, 2.45) is 0 Å². The number of alkyl halides is 3. The van der Waals surface area contributed by atoms with Gasteiger partial charge in [0.1, 0.15) is 11.3 Å². The van der Waals surface area contributed by atoms with Crippen LogP contribution in [0.2, 0.25) is 5.02 Å². The number of nitrogens with one attached hydrogen (secondary N) is 1. The molecule has 13 heteroatoms. The lowest BCUT2D eigenvalue weighted by Gasteiger charge is -2.28. The number of aryl methyl sites for hydroxylation is 1. The van der Waals surface area contributed by atoms with Gasteiger partial charge in [0, 0.05) is 6.07 Å². The van der Waals surface area contributed by atoms with Crippen LogP contribution in [0.3, 0.4) is 0 Å². The Hall–Kier alpha value is -4.71. The van der Waals surface area contributed by atoms with E-state index in [-0.39, 0.29) is 21.9 Å². The number of hydrogen-bond donors (Lipinski definition) is 1. The number of nitro groups is 1. The molecule has 0 radical (unpaired) electrons. The quantitative estimate of drug-likeness (QED) is 0.169. The molecule has 39 heavy (non-hydrogen) atoms. The molecule has 1 fully saturated rings. The first kappa shape index (κ1) is 27.3. The number of nitrogens with zero attached hydrogens (tertiary/aromatic N) is 2. The van der Waals surface area contributed by atoms with E-state index in [2.05, 4.69) is 5.32 Å². The fraction of sp³-hybridized carbons (Fsp3) is 0.115. The highest BCUT2D eigenvalue weighted by molar-refractivity contribution is 6.39. The van der Waals surface area contributed by atoms with Crippen LogP contribution < -0.4 is 15.0 Å². The van der Waals surface area contributed by atoms with Gasteiger partial charge >= 0.3 is 17.9 Å². The summed E-state index contributed by atoms with van der Waals surface area (Å²) >= 11 is 6.24. The Bertz CT molecular complexity index is 1590. The molecule has 0 bridgehead atoms. The maximum atomic E-state index is 13.2. The number of anilines is 1. The lowest BCUT2D eigenvalue weighted by Crippen LogP contribution is -2.54. The van der Waals surface area contributed by atoms with Gasteiger partial charge in [0.05, 0.1) is 21.2 Å². The summed E-state index contributed by atoms with van der Waals surface area (Å²) in [6.45, 7) is 3.53. The standard InChI is InChI=1S/C26H17ClF3N3O6/c1-13-4-3-5-19(14(13)2)32-24(35)17(23(34)31-25(32)36)10-15-6-8-21(18(27)11-15)39-22-9-7-16(26(28,29)30)12-20(22)33(37)38/h3-12H,1-2H3,(H,31,34,36)/b17-10+. The summed E-state index contributed by atoms with van der Waals surface area (Å²) in [5, 5.41) is 13.3. The van der Waals surface area contributed by atoms with Gasteiger partial charge in [-0.25, -0.2) is 9.69 Å². The van der Waals surface area contributed by atoms with Crippen LogP contribution in [-0.2, 0) is 15.8 Å². The van der Waals surface area contributed by atoms with Gasteiger partial charge in [0.15, 0.2) is 0 Å². The molecule has 3 aromatic rings. The topological polar surface area (TPSA) is 119 Å². The third-order valence-electron chi connectivity index (χ3n) is 5.89. The second-order valence-electron chi connectivity index (χ2n) is 8.41. The maximum Gasteiger partial charge on any atom is 0.416 e. The van der Waals surface area contributed by atoms with E-state index in [0.717, 1.165) is 16.5 Å². The number of carbonyl (C=O) groups excluding carboxylic acids is 3. The molecular weight excluding hydrogens is 543 g/mol. The van der Waals surface area contributed by atoms with E-state index < -0.39 is 45.9 Å². The van der Waals surface area contributed by atoms with Gasteiger partial charge < -0.3 is 4.74 Å². The second kappa shape index (κ2) is 10.2.